The van der Waals surface area contributed by atoms with Gasteiger partial charge in [-0.15, -0.1) is 0 Å². The number of pyridine rings is 1. The monoisotopic (exact) mass is 536 g/mol. The topological polar surface area (TPSA) is 61.2 Å². The number of aromatic nitrogens is 2. The van der Waals surface area contributed by atoms with Gasteiger partial charge in [-0.1, -0.05) is 60.7 Å². The second-order valence-electron chi connectivity index (χ2n) is 10.6. The molecule has 3 aromatic carbocycles. The molecule has 0 N–H and O–H groups in total. The number of hydrogen-bond donors (Lipinski definition) is 0. The molecule has 0 saturated heterocycles. The molecule has 0 spiro atoms. The van der Waals surface area contributed by atoms with E-state index in [1.54, 1.807) is 0 Å². The summed E-state index contributed by atoms with van der Waals surface area (Å²) in [6, 6.07) is 27.6. The van der Waals surface area contributed by atoms with Crippen LogP contribution in [-0.4, -0.2) is 17.4 Å². The maximum absolute atomic E-state index is 13.4. The maximum Gasteiger partial charge on any atom is 0.243 e. The molecule has 5 aromatic rings. The molecule has 6 heteroatoms. The van der Waals surface area contributed by atoms with E-state index in [2.05, 4.69) is 38.1 Å². The smallest absolute Gasteiger partial charge is 0.243 e. The number of rotatable bonds is 9. The lowest BCUT2D eigenvalue weighted by atomic mass is 9.97. The van der Waals surface area contributed by atoms with Crippen molar-refractivity contribution in [1.29, 1.82) is 0 Å². The third kappa shape index (κ3) is 5.48. The van der Waals surface area contributed by atoms with E-state index in [0.717, 1.165) is 57.6 Å². The minimum atomic E-state index is -3.58. The molecule has 0 amide bonds. The van der Waals surface area contributed by atoms with Gasteiger partial charge in [-0.25, -0.2) is 12.4 Å². The number of hydrogen-bond acceptors (Lipinski definition) is 4. The fourth-order valence-electron chi connectivity index (χ4n) is 5.25. The molecule has 1 saturated carbocycles. The van der Waals surface area contributed by atoms with Crippen LogP contribution < -0.4 is 4.74 Å². The first-order chi connectivity index (χ1) is 18.9. The molecule has 2 heterocycles. The van der Waals surface area contributed by atoms with Crippen molar-refractivity contribution in [3.05, 3.63) is 130 Å². The summed E-state index contributed by atoms with van der Waals surface area (Å²) in [5.74, 6) is 1.20. The summed E-state index contributed by atoms with van der Waals surface area (Å²) in [5, 5.41) is 0. The zero-order valence-electron chi connectivity index (χ0n) is 22.3. The first kappa shape index (κ1) is 25.4. The van der Waals surface area contributed by atoms with Crippen molar-refractivity contribution in [1.82, 2.24) is 8.96 Å². The van der Waals surface area contributed by atoms with Gasteiger partial charge in [0.2, 0.25) is 10.0 Å². The Morgan fingerprint density at radius 2 is 1.51 bits per heavy atom. The van der Waals surface area contributed by atoms with Gasteiger partial charge < -0.3 is 4.74 Å². The van der Waals surface area contributed by atoms with Crippen LogP contribution in [0.2, 0.25) is 0 Å². The quantitative estimate of drug-likeness (QED) is 0.202. The summed E-state index contributed by atoms with van der Waals surface area (Å²) >= 11 is 0. The summed E-state index contributed by atoms with van der Waals surface area (Å²) in [6.45, 7) is 4.75. The standard InChI is InChI=1S/C33H32N2O3S/c1-23-17-29(38-21-25-9-5-3-6-10-25)18-24(2)30(23)19-28-15-16-32-33(34-28)31(27-13-14-27)20-35(32)39(36,37)22-26-11-7-4-8-12-26/h3-12,15-18,20,27H,13-14,19,21-22H2,1-2H3. The van der Waals surface area contributed by atoms with Crippen LogP contribution in [0.4, 0.5) is 0 Å². The Morgan fingerprint density at radius 1 is 0.872 bits per heavy atom. The van der Waals surface area contributed by atoms with E-state index in [9.17, 15) is 8.42 Å². The molecule has 0 radical (unpaired) electrons. The van der Waals surface area contributed by atoms with Gasteiger partial charge in [-0.3, -0.25) is 4.98 Å². The van der Waals surface area contributed by atoms with Crippen LogP contribution in [0.1, 0.15) is 57.8 Å². The van der Waals surface area contributed by atoms with Crippen molar-refractivity contribution >= 4 is 21.1 Å². The molecule has 1 fully saturated rings. The van der Waals surface area contributed by atoms with Crippen LogP contribution in [0.15, 0.2) is 91.1 Å². The highest BCUT2D eigenvalue weighted by Gasteiger charge is 2.30. The van der Waals surface area contributed by atoms with Crippen LogP contribution in [0.5, 0.6) is 5.75 Å². The van der Waals surface area contributed by atoms with E-state index < -0.39 is 10.0 Å². The van der Waals surface area contributed by atoms with E-state index in [-0.39, 0.29) is 5.75 Å². The first-order valence-corrected chi connectivity index (χ1v) is 15.0. The Labute approximate surface area is 230 Å². The number of benzene rings is 3. The third-order valence-corrected chi connectivity index (χ3v) is 9.08. The molecule has 0 atom stereocenters. The predicted octanol–water partition coefficient (Wildman–Crippen LogP) is 7.08. The van der Waals surface area contributed by atoms with Gasteiger partial charge in [-0.05, 0) is 84.7 Å². The lowest BCUT2D eigenvalue weighted by Gasteiger charge is -2.14. The Hall–Kier alpha value is -3.90. The second kappa shape index (κ2) is 10.3. The second-order valence-corrected chi connectivity index (χ2v) is 12.4. The van der Waals surface area contributed by atoms with E-state index in [1.807, 2.05) is 66.9 Å². The average Bonchev–Trinajstić information content (AvgIpc) is 3.70. The lowest BCUT2D eigenvalue weighted by molar-refractivity contribution is 0.305. The van der Waals surface area contributed by atoms with Crippen LogP contribution in [0, 0.1) is 13.8 Å². The third-order valence-electron chi connectivity index (χ3n) is 7.48. The first-order valence-electron chi connectivity index (χ1n) is 13.4. The van der Waals surface area contributed by atoms with Gasteiger partial charge in [0.15, 0.2) is 0 Å². The normalized spacial score (nSPS) is 13.6. The SMILES string of the molecule is Cc1cc(OCc2ccccc2)cc(C)c1Cc1ccc2c(n1)c(C1CC1)cn2S(=O)(=O)Cc1ccccc1. The maximum atomic E-state index is 13.4. The summed E-state index contributed by atoms with van der Waals surface area (Å²) < 4.78 is 34.4. The van der Waals surface area contributed by atoms with Crippen molar-refractivity contribution in [2.45, 2.75) is 51.4 Å². The van der Waals surface area contributed by atoms with E-state index in [0.29, 0.717) is 24.5 Å². The number of fused-ring (bicyclic) bond motifs is 1. The Morgan fingerprint density at radius 3 is 2.15 bits per heavy atom. The average molecular weight is 537 g/mol. The molecule has 0 bridgehead atoms. The molecular formula is C33H32N2O3S. The van der Waals surface area contributed by atoms with Gasteiger partial charge in [0.25, 0.3) is 0 Å². The van der Waals surface area contributed by atoms with E-state index >= 15 is 0 Å². The van der Waals surface area contributed by atoms with Gasteiger partial charge >= 0.3 is 0 Å². The van der Waals surface area contributed by atoms with Crippen molar-refractivity contribution < 1.29 is 13.2 Å². The zero-order chi connectivity index (χ0) is 27.0. The summed E-state index contributed by atoms with van der Waals surface area (Å²) in [7, 11) is -3.58. The van der Waals surface area contributed by atoms with Gasteiger partial charge in [-0.2, -0.15) is 0 Å². The fourth-order valence-corrected chi connectivity index (χ4v) is 6.73. The van der Waals surface area contributed by atoms with Gasteiger partial charge in [0, 0.05) is 23.9 Å². The minimum absolute atomic E-state index is 0.0411. The largest absolute Gasteiger partial charge is 0.489 e. The Balaban J connectivity index is 1.28. The predicted molar refractivity (Wildman–Crippen MR) is 156 cm³/mol. The molecule has 0 aliphatic heterocycles. The molecule has 1 aliphatic carbocycles. The highest BCUT2D eigenvalue weighted by Crippen LogP contribution is 2.44. The fraction of sp³-hybridized carbons (Fsp3) is 0.242. The number of ether oxygens (including phenoxy) is 1. The van der Waals surface area contributed by atoms with E-state index in [1.165, 1.54) is 9.54 Å². The van der Waals surface area contributed by atoms with Crippen molar-refractivity contribution in [2.75, 3.05) is 0 Å². The molecule has 198 valence electrons. The number of nitrogens with zero attached hydrogens (tertiary/aromatic N) is 2. The Bertz CT molecular complexity index is 1720. The summed E-state index contributed by atoms with van der Waals surface area (Å²) in [6.07, 6.45) is 4.64. The van der Waals surface area contributed by atoms with Crippen LogP contribution in [0.3, 0.4) is 0 Å². The van der Waals surface area contributed by atoms with Crippen LogP contribution in [0.25, 0.3) is 11.0 Å². The number of aryl methyl sites for hydroxylation is 2. The molecule has 2 aromatic heterocycles. The van der Waals surface area contributed by atoms with Crippen LogP contribution in [-0.2, 0) is 28.8 Å². The molecular weight excluding hydrogens is 504 g/mol. The summed E-state index contributed by atoms with van der Waals surface area (Å²) in [5.41, 5.74) is 8.90. The molecule has 39 heavy (non-hydrogen) atoms. The molecule has 5 nitrogen and oxygen atoms in total. The van der Waals surface area contributed by atoms with Crippen molar-refractivity contribution in [3.63, 3.8) is 0 Å². The van der Waals surface area contributed by atoms with Gasteiger partial charge in [0.05, 0.1) is 16.8 Å². The van der Waals surface area contributed by atoms with Crippen molar-refractivity contribution in [3.8, 4) is 5.75 Å². The molecule has 0 unspecified atom stereocenters. The zero-order valence-corrected chi connectivity index (χ0v) is 23.1. The Kier molecular flexibility index (Phi) is 6.73. The lowest BCUT2D eigenvalue weighted by Crippen LogP contribution is -2.14. The van der Waals surface area contributed by atoms with Crippen LogP contribution >= 0.6 is 0 Å². The van der Waals surface area contributed by atoms with Crippen molar-refractivity contribution in [2.24, 2.45) is 0 Å². The van der Waals surface area contributed by atoms with E-state index in [4.69, 9.17) is 9.72 Å². The summed E-state index contributed by atoms with van der Waals surface area (Å²) in [4.78, 5) is 5.04. The highest BCUT2D eigenvalue weighted by atomic mass is 32.2. The molecule has 6 rings (SSSR count). The van der Waals surface area contributed by atoms with Gasteiger partial charge in [0.1, 0.15) is 12.4 Å². The highest BCUT2D eigenvalue weighted by molar-refractivity contribution is 7.89. The minimum Gasteiger partial charge on any atom is -0.489 e. The molecule has 1 aliphatic rings.